The Balaban J connectivity index is 1.95. The minimum absolute atomic E-state index is 0.0257. The summed E-state index contributed by atoms with van der Waals surface area (Å²) in [5.41, 5.74) is 11.7. The maximum atomic E-state index is 11.9. The number of benzene rings is 2. The highest BCUT2D eigenvalue weighted by molar-refractivity contribution is 7.84. The molecule has 1 amide bonds. The molecule has 7 N–H and O–H groups in total. The molecule has 0 aliphatic carbocycles. The van der Waals surface area contributed by atoms with Crippen molar-refractivity contribution in [1.29, 1.82) is 0 Å². The third-order valence-corrected chi connectivity index (χ3v) is 4.74. The predicted octanol–water partition coefficient (Wildman–Crippen LogP) is -0.744. The van der Waals surface area contributed by atoms with Crippen LogP contribution in [0.5, 0.6) is 0 Å². The molecule has 0 heterocycles. The maximum absolute atomic E-state index is 11.9. The van der Waals surface area contributed by atoms with Crippen molar-refractivity contribution in [3.8, 4) is 0 Å². The highest BCUT2D eigenvalue weighted by Crippen LogP contribution is 2.12. The summed E-state index contributed by atoms with van der Waals surface area (Å²) >= 11 is 5.06. The first-order valence-electron chi connectivity index (χ1n) is 7.62. The Morgan fingerprint density at radius 2 is 1.67 bits per heavy atom. The number of nitrogens with two attached hydrogens (primary N) is 2. The number of amides is 1. The van der Waals surface area contributed by atoms with Gasteiger partial charge in [0, 0.05) is 11.8 Å². The number of thiocarbonyl (C=S) groups is 1. The van der Waals surface area contributed by atoms with Gasteiger partial charge in [-0.25, -0.2) is 0 Å². The van der Waals surface area contributed by atoms with E-state index in [1.165, 1.54) is 30.3 Å². The summed E-state index contributed by atoms with van der Waals surface area (Å²) in [4.78, 5) is 11.8. The van der Waals surface area contributed by atoms with Crippen molar-refractivity contribution in [2.45, 2.75) is 4.90 Å². The van der Waals surface area contributed by atoms with E-state index in [-0.39, 0.29) is 10.0 Å². The van der Waals surface area contributed by atoms with Crippen LogP contribution in [0.4, 0.5) is 5.69 Å². The van der Waals surface area contributed by atoms with E-state index >= 15 is 0 Å². The lowest BCUT2D eigenvalue weighted by molar-refractivity contribution is -0.270. The van der Waals surface area contributed by atoms with Gasteiger partial charge in [-0.1, -0.05) is 30.3 Å². The van der Waals surface area contributed by atoms with E-state index in [2.05, 4.69) is 10.6 Å². The molecule has 2 aromatic carbocycles. The fourth-order valence-corrected chi connectivity index (χ4v) is 3.12. The molecule has 10 heteroatoms. The predicted molar refractivity (Wildman–Crippen MR) is 108 cm³/mol. The third-order valence-electron chi connectivity index (χ3n) is 3.14. The molecule has 0 aromatic heterocycles. The number of guanidine groups is 1. The lowest BCUT2D eigenvalue weighted by Crippen LogP contribution is -2.80. The number of hydrogen-bond acceptors (Lipinski definition) is 4. The Bertz CT molecular complexity index is 981. The lowest BCUT2D eigenvalue weighted by Gasteiger charge is -2.08. The molecule has 0 aliphatic heterocycles. The normalized spacial score (nSPS) is 11.0. The van der Waals surface area contributed by atoms with E-state index in [0.717, 1.165) is 5.56 Å². The van der Waals surface area contributed by atoms with Gasteiger partial charge in [0.15, 0.2) is 5.11 Å². The van der Waals surface area contributed by atoms with Crippen LogP contribution in [0, 0.1) is 0 Å². The van der Waals surface area contributed by atoms with Gasteiger partial charge >= 0.3 is 16.0 Å². The first-order chi connectivity index (χ1) is 12.8. The number of carbonyl (C=O) groups excluding carboxylic acids is 1. The van der Waals surface area contributed by atoms with Crippen molar-refractivity contribution >= 4 is 51.0 Å². The molecule has 0 saturated carbocycles. The molecule has 2 aromatic rings. The SMILES string of the molecule is NC(N)=[NH+]S(=O)(=O)c1ccc(NC(=S)NC(=O)/C=C/c2ccccc2)cc1. The summed E-state index contributed by atoms with van der Waals surface area (Å²) in [6.07, 6.45) is 3.02. The molecule has 2 rings (SSSR count). The molecule has 140 valence electrons. The zero-order valence-corrected chi connectivity index (χ0v) is 15.7. The highest BCUT2D eigenvalue weighted by Gasteiger charge is 2.14. The molecule has 0 atom stereocenters. The Morgan fingerprint density at radius 1 is 1.04 bits per heavy atom. The standard InChI is InChI=1S/C17H17N5O3S2/c18-16(19)22-27(24,25)14-9-7-13(8-10-14)20-17(26)21-15(23)11-6-12-4-2-1-3-5-12/h1-11H,(H4,18,19,22)(H2,20,21,23,26)/p+1/b11-6+. The summed E-state index contributed by atoms with van der Waals surface area (Å²) in [5.74, 6) is -0.821. The van der Waals surface area contributed by atoms with Gasteiger partial charge in [-0.2, -0.15) is 12.8 Å². The first-order valence-corrected chi connectivity index (χ1v) is 9.51. The summed E-state index contributed by atoms with van der Waals surface area (Å²) in [5, 5.41) is 5.36. The van der Waals surface area contributed by atoms with Crippen LogP contribution >= 0.6 is 12.2 Å². The quantitative estimate of drug-likeness (QED) is 0.191. The number of rotatable bonds is 5. The second-order valence-electron chi connectivity index (χ2n) is 5.27. The molecule has 0 unspecified atom stereocenters. The number of hydrogen-bond donors (Lipinski definition) is 5. The monoisotopic (exact) mass is 404 g/mol. The second kappa shape index (κ2) is 8.92. The molecule has 0 fully saturated rings. The summed E-state index contributed by atoms with van der Waals surface area (Å²) < 4.78 is 25.8. The fraction of sp³-hybridized carbons (Fsp3) is 0. The lowest BCUT2D eigenvalue weighted by atomic mass is 10.2. The molecule has 0 bridgehead atoms. The van der Waals surface area contributed by atoms with E-state index in [1.807, 2.05) is 34.7 Å². The van der Waals surface area contributed by atoms with Crippen molar-refractivity contribution < 1.29 is 17.6 Å². The topological polar surface area (TPSA) is 141 Å². The van der Waals surface area contributed by atoms with Gasteiger partial charge in [-0.15, -0.1) is 0 Å². The number of anilines is 1. The van der Waals surface area contributed by atoms with Crippen molar-refractivity contribution in [3.05, 3.63) is 66.2 Å². The van der Waals surface area contributed by atoms with Crippen LogP contribution in [0.15, 0.2) is 65.6 Å². The number of nitrogens with one attached hydrogen (secondary N) is 3. The molecule has 0 aliphatic rings. The molecular formula is C17H18N5O3S2+. The highest BCUT2D eigenvalue weighted by atomic mass is 32.2. The second-order valence-corrected chi connectivity index (χ2v) is 7.36. The molecule has 27 heavy (non-hydrogen) atoms. The van der Waals surface area contributed by atoms with Crippen molar-refractivity contribution in [2.24, 2.45) is 11.5 Å². The van der Waals surface area contributed by atoms with E-state index in [9.17, 15) is 13.2 Å². The number of carbonyl (C=O) groups is 1. The van der Waals surface area contributed by atoms with Crippen LogP contribution in [-0.4, -0.2) is 25.4 Å². The average Bonchev–Trinajstić information content (AvgIpc) is 2.60. The fourth-order valence-electron chi connectivity index (χ4n) is 1.98. The number of sulfonamides is 1. The van der Waals surface area contributed by atoms with Crippen LogP contribution in [0.3, 0.4) is 0 Å². The van der Waals surface area contributed by atoms with Crippen LogP contribution in [0.1, 0.15) is 5.56 Å². The zero-order chi connectivity index (χ0) is 19.9. The summed E-state index contributed by atoms with van der Waals surface area (Å²) in [6, 6.07) is 15.0. The van der Waals surface area contributed by atoms with Crippen molar-refractivity contribution in [3.63, 3.8) is 0 Å². The van der Waals surface area contributed by atoms with Gasteiger partial charge in [-0.05, 0) is 48.1 Å². The van der Waals surface area contributed by atoms with Crippen LogP contribution in [0.2, 0.25) is 0 Å². The van der Waals surface area contributed by atoms with Gasteiger partial charge in [0.05, 0.1) is 0 Å². The summed E-state index contributed by atoms with van der Waals surface area (Å²) in [6.45, 7) is 0. The van der Waals surface area contributed by atoms with Gasteiger partial charge in [0.25, 0.3) is 0 Å². The Labute approximate surface area is 162 Å². The summed E-state index contributed by atoms with van der Waals surface area (Å²) in [7, 11) is -3.83. The van der Waals surface area contributed by atoms with Crippen molar-refractivity contribution in [2.75, 3.05) is 5.32 Å². The smallest absolute Gasteiger partial charge is 0.332 e. The van der Waals surface area contributed by atoms with Crippen LogP contribution in [0.25, 0.3) is 6.08 Å². The minimum atomic E-state index is -3.83. The minimum Gasteiger partial charge on any atom is -0.332 e. The van der Waals surface area contributed by atoms with E-state index in [1.54, 1.807) is 6.08 Å². The maximum Gasteiger partial charge on any atom is 0.353 e. The zero-order valence-electron chi connectivity index (χ0n) is 14.0. The van der Waals surface area contributed by atoms with Crippen LogP contribution < -0.4 is 26.5 Å². The molecule has 0 saturated heterocycles. The Hall–Kier alpha value is -3.24. The van der Waals surface area contributed by atoms with Gasteiger partial charge in [0.2, 0.25) is 5.91 Å². The van der Waals surface area contributed by atoms with E-state index in [0.29, 0.717) is 5.69 Å². The molecule has 8 nitrogen and oxygen atoms in total. The van der Waals surface area contributed by atoms with Gasteiger partial charge < -0.3 is 5.32 Å². The molecular weight excluding hydrogens is 386 g/mol. The van der Waals surface area contributed by atoms with E-state index in [4.69, 9.17) is 23.7 Å². The molecule has 0 spiro atoms. The molecule has 0 radical (unpaired) electrons. The van der Waals surface area contributed by atoms with E-state index < -0.39 is 21.9 Å². The first kappa shape index (κ1) is 20.1. The third kappa shape index (κ3) is 6.53. The Kier molecular flexibility index (Phi) is 6.63. The average molecular weight is 404 g/mol. The van der Waals surface area contributed by atoms with Gasteiger partial charge in [-0.3, -0.25) is 21.6 Å². The van der Waals surface area contributed by atoms with Gasteiger partial charge in [0.1, 0.15) is 4.90 Å². The largest absolute Gasteiger partial charge is 0.353 e. The Morgan fingerprint density at radius 3 is 2.26 bits per heavy atom. The van der Waals surface area contributed by atoms with Crippen molar-refractivity contribution in [1.82, 2.24) is 5.32 Å². The van der Waals surface area contributed by atoms with Crippen LogP contribution in [-0.2, 0) is 14.8 Å².